The topological polar surface area (TPSA) is 53.6 Å². The highest BCUT2D eigenvalue weighted by molar-refractivity contribution is 5.61. The number of benzene rings is 2. The Morgan fingerprint density at radius 3 is 2.52 bits per heavy atom. The molecule has 0 radical (unpaired) electrons. The summed E-state index contributed by atoms with van der Waals surface area (Å²) in [6.45, 7) is 0.353. The van der Waals surface area contributed by atoms with Crippen LogP contribution in [0.15, 0.2) is 48.5 Å². The van der Waals surface area contributed by atoms with Gasteiger partial charge in [0.1, 0.15) is 11.4 Å². The first kappa shape index (κ1) is 13.2. The number of anilines is 1. The van der Waals surface area contributed by atoms with E-state index in [1.54, 1.807) is 0 Å². The molecule has 4 nitrogen and oxygen atoms in total. The largest absolute Gasteiger partial charge is 0.379 e. The minimum Gasteiger partial charge on any atom is -0.379 e. The lowest BCUT2D eigenvalue weighted by molar-refractivity contribution is 0.509. The molecule has 106 valence electrons. The van der Waals surface area contributed by atoms with E-state index in [0.29, 0.717) is 17.9 Å². The van der Waals surface area contributed by atoms with E-state index in [-0.39, 0.29) is 0 Å². The molecule has 0 saturated carbocycles. The molecule has 3 rings (SSSR count). The third-order valence-electron chi connectivity index (χ3n) is 3.05. The van der Waals surface area contributed by atoms with Gasteiger partial charge in [0.25, 0.3) is 0 Å². The average molecular weight is 286 g/mol. The zero-order valence-electron chi connectivity index (χ0n) is 11.0. The smallest absolute Gasteiger partial charge is 0.160 e. The van der Waals surface area contributed by atoms with Crippen LogP contribution in [-0.2, 0) is 6.54 Å². The molecule has 2 N–H and O–H groups in total. The Morgan fingerprint density at radius 1 is 0.952 bits per heavy atom. The molecule has 1 heterocycles. The Kier molecular flexibility index (Phi) is 3.59. The predicted octanol–water partition coefficient (Wildman–Crippen LogP) is 3.36. The zero-order valence-corrected chi connectivity index (χ0v) is 11.0. The van der Waals surface area contributed by atoms with Crippen molar-refractivity contribution in [2.45, 2.75) is 6.54 Å². The standard InChI is InChI=1S/C15H12F2N4/c16-12-7-6-11(8-13(12)17)18-9-14-15(20-21-19-14)10-4-2-1-3-5-10/h1-8,18H,9H2,(H,19,20,21). The summed E-state index contributed by atoms with van der Waals surface area (Å²) in [6, 6.07) is 13.3. The van der Waals surface area contributed by atoms with E-state index in [1.807, 2.05) is 30.3 Å². The van der Waals surface area contributed by atoms with Crippen LogP contribution in [0.3, 0.4) is 0 Å². The maximum absolute atomic E-state index is 13.1. The summed E-state index contributed by atoms with van der Waals surface area (Å²) in [5, 5.41) is 13.8. The number of nitrogens with one attached hydrogen (secondary N) is 2. The van der Waals surface area contributed by atoms with Crippen molar-refractivity contribution in [3.05, 3.63) is 65.9 Å². The lowest BCUT2D eigenvalue weighted by Gasteiger charge is -2.06. The summed E-state index contributed by atoms with van der Waals surface area (Å²) in [5.41, 5.74) is 2.85. The van der Waals surface area contributed by atoms with Crippen LogP contribution in [0, 0.1) is 11.6 Å². The highest BCUT2D eigenvalue weighted by Gasteiger charge is 2.10. The second kappa shape index (κ2) is 5.70. The van der Waals surface area contributed by atoms with Gasteiger partial charge in [-0.05, 0) is 12.1 Å². The average Bonchev–Trinajstić information content (AvgIpc) is 2.98. The van der Waals surface area contributed by atoms with E-state index in [2.05, 4.69) is 20.7 Å². The lowest BCUT2D eigenvalue weighted by Crippen LogP contribution is -2.02. The molecule has 2 aromatic carbocycles. The van der Waals surface area contributed by atoms with Crippen molar-refractivity contribution >= 4 is 5.69 Å². The van der Waals surface area contributed by atoms with Crippen LogP contribution >= 0.6 is 0 Å². The maximum atomic E-state index is 13.1. The molecule has 1 aromatic heterocycles. The number of nitrogens with zero attached hydrogens (tertiary/aromatic N) is 2. The van der Waals surface area contributed by atoms with Gasteiger partial charge in [0.15, 0.2) is 11.6 Å². The number of H-pyrrole nitrogens is 1. The number of aromatic amines is 1. The molecule has 0 atom stereocenters. The van der Waals surface area contributed by atoms with Crippen LogP contribution in [0.2, 0.25) is 0 Å². The number of rotatable bonds is 4. The Bertz CT molecular complexity index is 740. The van der Waals surface area contributed by atoms with Crippen molar-refractivity contribution in [3.8, 4) is 11.3 Å². The van der Waals surface area contributed by atoms with Gasteiger partial charge in [-0.1, -0.05) is 30.3 Å². The molecule has 21 heavy (non-hydrogen) atoms. The fraction of sp³-hybridized carbons (Fsp3) is 0.0667. The van der Waals surface area contributed by atoms with Crippen LogP contribution < -0.4 is 5.32 Å². The van der Waals surface area contributed by atoms with Crippen LogP contribution in [-0.4, -0.2) is 15.4 Å². The van der Waals surface area contributed by atoms with E-state index in [9.17, 15) is 8.78 Å². The van der Waals surface area contributed by atoms with Gasteiger partial charge in [0, 0.05) is 17.3 Å². The van der Waals surface area contributed by atoms with E-state index in [0.717, 1.165) is 23.4 Å². The lowest BCUT2D eigenvalue weighted by atomic mass is 10.1. The van der Waals surface area contributed by atoms with Crippen molar-refractivity contribution in [2.24, 2.45) is 0 Å². The first-order valence-corrected chi connectivity index (χ1v) is 6.38. The Labute approximate surface area is 119 Å². The van der Waals surface area contributed by atoms with Gasteiger partial charge in [-0.15, -0.1) is 0 Å². The number of hydrogen-bond acceptors (Lipinski definition) is 3. The normalized spacial score (nSPS) is 10.6. The maximum Gasteiger partial charge on any atom is 0.160 e. The van der Waals surface area contributed by atoms with Gasteiger partial charge in [-0.2, -0.15) is 15.4 Å². The molecule has 0 bridgehead atoms. The monoisotopic (exact) mass is 286 g/mol. The van der Waals surface area contributed by atoms with Gasteiger partial charge < -0.3 is 5.32 Å². The van der Waals surface area contributed by atoms with Gasteiger partial charge >= 0.3 is 0 Å². The summed E-state index contributed by atoms with van der Waals surface area (Å²) < 4.78 is 26.0. The molecular formula is C15H12F2N4. The summed E-state index contributed by atoms with van der Waals surface area (Å²) >= 11 is 0. The van der Waals surface area contributed by atoms with E-state index < -0.39 is 11.6 Å². The predicted molar refractivity (Wildman–Crippen MR) is 75.5 cm³/mol. The first-order chi connectivity index (χ1) is 10.2. The number of hydrogen-bond donors (Lipinski definition) is 2. The number of aromatic nitrogens is 3. The highest BCUT2D eigenvalue weighted by Crippen LogP contribution is 2.20. The molecule has 6 heteroatoms. The second-order valence-corrected chi connectivity index (χ2v) is 4.47. The van der Waals surface area contributed by atoms with Crippen molar-refractivity contribution in [1.29, 1.82) is 0 Å². The van der Waals surface area contributed by atoms with Crippen molar-refractivity contribution in [3.63, 3.8) is 0 Å². The van der Waals surface area contributed by atoms with Crippen molar-refractivity contribution < 1.29 is 8.78 Å². The Balaban J connectivity index is 1.77. The fourth-order valence-corrected chi connectivity index (χ4v) is 2.00. The second-order valence-electron chi connectivity index (χ2n) is 4.47. The molecule has 0 aliphatic carbocycles. The summed E-state index contributed by atoms with van der Waals surface area (Å²) in [6.07, 6.45) is 0. The first-order valence-electron chi connectivity index (χ1n) is 6.38. The quantitative estimate of drug-likeness (QED) is 0.773. The molecular weight excluding hydrogens is 274 g/mol. The summed E-state index contributed by atoms with van der Waals surface area (Å²) in [7, 11) is 0. The zero-order chi connectivity index (χ0) is 14.7. The Hall–Kier alpha value is -2.76. The molecule has 0 spiro atoms. The highest BCUT2D eigenvalue weighted by atomic mass is 19.2. The van der Waals surface area contributed by atoms with Crippen LogP contribution in [0.5, 0.6) is 0 Å². The molecule has 0 aliphatic rings. The van der Waals surface area contributed by atoms with Crippen LogP contribution in [0.25, 0.3) is 11.3 Å². The number of halogens is 2. The molecule has 0 saturated heterocycles. The van der Waals surface area contributed by atoms with Gasteiger partial charge in [0.05, 0.1) is 6.54 Å². The molecule has 0 unspecified atom stereocenters. The molecule has 0 fully saturated rings. The molecule has 0 aliphatic heterocycles. The van der Waals surface area contributed by atoms with Crippen LogP contribution in [0.4, 0.5) is 14.5 Å². The van der Waals surface area contributed by atoms with Gasteiger partial charge in [-0.3, -0.25) is 0 Å². The van der Waals surface area contributed by atoms with E-state index in [4.69, 9.17) is 0 Å². The third kappa shape index (κ3) is 2.89. The minimum absolute atomic E-state index is 0.353. The SMILES string of the molecule is Fc1ccc(NCc2n[nH]nc2-c2ccccc2)cc1F. The molecule has 3 aromatic rings. The molecule has 0 amide bonds. The van der Waals surface area contributed by atoms with Crippen LogP contribution in [0.1, 0.15) is 5.69 Å². The van der Waals surface area contributed by atoms with Gasteiger partial charge in [0.2, 0.25) is 0 Å². The fourth-order valence-electron chi connectivity index (χ4n) is 2.00. The van der Waals surface area contributed by atoms with E-state index in [1.165, 1.54) is 6.07 Å². The summed E-state index contributed by atoms with van der Waals surface area (Å²) in [4.78, 5) is 0. The van der Waals surface area contributed by atoms with E-state index >= 15 is 0 Å². The Morgan fingerprint density at radius 2 is 1.76 bits per heavy atom. The van der Waals surface area contributed by atoms with Crippen molar-refractivity contribution in [2.75, 3.05) is 5.32 Å². The van der Waals surface area contributed by atoms with Crippen molar-refractivity contribution in [1.82, 2.24) is 15.4 Å². The van der Waals surface area contributed by atoms with Gasteiger partial charge in [-0.25, -0.2) is 8.78 Å². The third-order valence-corrected chi connectivity index (χ3v) is 3.05. The summed E-state index contributed by atoms with van der Waals surface area (Å²) in [5.74, 6) is -1.75. The minimum atomic E-state index is -0.886.